The molecular weight excluding hydrogens is 456 g/mol. The van der Waals surface area contributed by atoms with Gasteiger partial charge in [-0.2, -0.15) is 5.10 Å². The van der Waals surface area contributed by atoms with Crippen molar-refractivity contribution in [2.75, 3.05) is 41.0 Å². The minimum Gasteiger partial charge on any atom is -0.497 e. The van der Waals surface area contributed by atoms with Crippen LogP contribution in [0, 0.1) is 5.92 Å². The van der Waals surface area contributed by atoms with Crippen LogP contribution < -0.4 is 19.5 Å². The number of hydrogen-bond acceptors (Lipinski definition) is 6. The van der Waals surface area contributed by atoms with Crippen molar-refractivity contribution in [3.63, 3.8) is 0 Å². The number of fused-ring (bicyclic) bond motifs is 3. The van der Waals surface area contributed by atoms with E-state index in [1.807, 2.05) is 42.1 Å². The van der Waals surface area contributed by atoms with Crippen molar-refractivity contribution in [1.29, 1.82) is 0 Å². The molecule has 0 aliphatic carbocycles. The van der Waals surface area contributed by atoms with Gasteiger partial charge in [-0.1, -0.05) is 0 Å². The second-order valence-corrected chi connectivity index (χ2v) is 9.63. The van der Waals surface area contributed by atoms with Crippen LogP contribution >= 0.6 is 0 Å². The molecule has 0 saturated carbocycles. The highest BCUT2D eigenvalue weighted by Crippen LogP contribution is 2.42. The van der Waals surface area contributed by atoms with Gasteiger partial charge in [-0.25, -0.2) is 0 Å². The predicted molar refractivity (Wildman–Crippen MR) is 138 cm³/mol. The van der Waals surface area contributed by atoms with Gasteiger partial charge >= 0.3 is 0 Å². The highest BCUT2D eigenvalue weighted by atomic mass is 16.5. The summed E-state index contributed by atoms with van der Waals surface area (Å²) in [6.45, 7) is 2.72. The number of hydrogen-bond donors (Lipinski definition) is 1. The number of carbonyl (C=O) groups is 1. The van der Waals surface area contributed by atoms with Crippen molar-refractivity contribution in [3.05, 3.63) is 59.8 Å². The van der Waals surface area contributed by atoms with Crippen molar-refractivity contribution < 1.29 is 19.0 Å². The van der Waals surface area contributed by atoms with Gasteiger partial charge in [-0.15, -0.1) is 0 Å². The van der Waals surface area contributed by atoms with E-state index in [9.17, 15) is 4.79 Å². The molecule has 3 aliphatic heterocycles. The first kappa shape index (κ1) is 24.2. The summed E-state index contributed by atoms with van der Waals surface area (Å²) in [5.74, 6) is 3.12. The summed E-state index contributed by atoms with van der Waals surface area (Å²) in [6.07, 6.45) is 2.24. The monoisotopic (exact) mass is 490 g/mol. The molecule has 8 nitrogen and oxygen atoms in total. The molecule has 6 rings (SSSR count). The third-order valence-corrected chi connectivity index (χ3v) is 7.70. The Morgan fingerprint density at radius 2 is 1.81 bits per heavy atom. The van der Waals surface area contributed by atoms with E-state index in [0.29, 0.717) is 41.5 Å². The number of carbonyl (C=O) groups excluding carboxylic acids is 1. The number of rotatable bonds is 8. The van der Waals surface area contributed by atoms with E-state index in [4.69, 9.17) is 19.3 Å². The molecule has 3 saturated heterocycles. The van der Waals surface area contributed by atoms with Crippen LogP contribution in [0.3, 0.4) is 0 Å². The largest absolute Gasteiger partial charge is 0.497 e. The summed E-state index contributed by atoms with van der Waals surface area (Å²) in [6, 6.07) is 15.7. The third kappa shape index (κ3) is 4.65. The van der Waals surface area contributed by atoms with Crippen molar-refractivity contribution in [2.24, 2.45) is 13.0 Å². The number of benzene rings is 2. The van der Waals surface area contributed by atoms with Crippen LogP contribution in [-0.4, -0.2) is 67.6 Å². The molecule has 2 aromatic carbocycles. The topological polar surface area (TPSA) is 77.8 Å². The van der Waals surface area contributed by atoms with Crippen LogP contribution in [0.1, 0.15) is 34.8 Å². The Bertz CT molecular complexity index is 1220. The smallest absolute Gasteiger partial charge is 0.251 e. The standard InChI is InChI=1S/C28H34N4O4/c1-31-25(15-24(30-31)20-7-10-26(35-3)27(14-20)36-4)23-17-32-12-11-19(23)13-21(32)16-29-28(33)18-5-8-22(34-2)9-6-18/h5-10,14-15,19,21,23H,11-13,16-17H2,1-4H3,(H,29,33). The zero-order valence-electron chi connectivity index (χ0n) is 21.4. The zero-order chi connectivity index (χ0) is 25.2. The van der Waals surface area contributed by atoms with E-state index in [1.165, 1.54) is 12.1 Å². The lowest BCUT2D eigenvalue weighted by Gasteiger charge is -2.50. The van der Waals surface area contributed by atoms with Crippen LogP contribution in [-0.2, 0) is 7.05 Å². The third-order valence-electron chi connectivity index (χ3n) is 7.70. The van der Waals surface area contributed by atoms with E-state index in [0.717, 1.165) is 36.5 Å². The highest BCUT2D eigenvalue weighted by molar-refractivity contribution is 5.94. The number of amides is 1. The summed E-state index contributed by atoms with van der Waals surface area (Å²) in [7, 11) is 6.94. The number of nitrogens with one attached hydrogen (secondary N) is 1. The fourth-order valence-corrected chi connectivity index (χ4v) is 5.71. The SMILES string of the molecule is COc1ccc(C(=O)NCC2CC3CCN2CC3c2cc(-c3ccc(OC)c(OC)c3)nn2C)cc1. The van der Waals surface area contributed by atoms with E-state index in [1.54, 1.807) is 33.5 Å². The number of aryl methyl sites for hydroxylation is 1. The number of ether oxygens (including phenoxy) is 3. The van der Waals surface area contributed by atoms with Crippen LogP contribution in [0.5, 0.6) is 17.2 Å². The summed E-state index contributed by atoms with van der Waals surface area (Å²) in [5.41, 5.74) is 3.86. The highest BCUT2D eigenvalue weighted by Gasteiger charge is 2.41. The normalized spacial score (nSPS) is 22.8. The molecule has 4 heterocycles. The van der Waals surface area contributed by atoms with Gasteiger partial charge in [0.2, 0.25) is 0 Å². The molecule has 3 aromatic rings. The number of nitrogens with zero attached hydrogens (tertiary/aromatic N) is 3. The Morgan fingerprint density at radius 1 is 1.03 bits per heavy atom. The molecule has 36 heavy (non-hydrogen) atoms. The van der Waals surface area contributed by atoms with E-state index in [-0.39, 0.29) is 5.91 Å². The van der Waals surface area contributed by atoms with Crippen LogP contribution in [0.25, 0.3) is 11.3 Å². The maximum Gasteiger partial charge on any atom is 0.251 e. The van der Waals surface area contributed by atoms with Gasteiger partial charge in [0.15, 0.2) is 11.5 Å². The zero-order valence-corrected chi connectivity index (χ0v) is 21.4. The summed E-state index contributed by atoms with van der Waals surface area (Å²) in [5, 5.41) is 7.97. The first-order valence-corrected chi connectivity index (χ1v) is 12.4. The molecule has 190 valence electrons. The average Bonchev–Trinajstić information content (AvgIpc) is 3.32. The lowest BCUT2D eigenvalue weighted by molar-refractivity contribution is 0.0280. The molecule has 1 N–H and O–H groups in total. The molecule has 3 aliphatic rings. The molecule has 4 unspecified atom stereocenters. The Kier molecular flexibility index (Phi) is 6.87. The lowest BCUT2D eigenvalue weighted by atomic mass is 9.74. The van der Waals surface area contributed by atoms with Crippen LogP contribution in [0.15, 0.2) is 48.5 Å². The molecule has 1 aromatic heterocycles. The minimum atomic E-state index is -0.0388. The van der Waals surface area contributed by atoms with Gasteiger partial charge in [-0.05, 0) is 73.8 Å². The summed E-state index contributed by atoms with van der Waals surface area (Å²) in [4.78, 5) is 15.2. The molecule has 4 atom stereocenters. The number of methoxy groups -OCH3 is 3. The van der Waals surface area contributed by atoms with Crippen LogP contribution in [0.2, 0.25) is 0 Å². The Hall–Kier alpha value is -3.52. The second-order valence-electron chi connectivity index (χ2n) is 9.63. The maximum atomic E-state index is 12.6. The van der Waals surface area contributed by atoms with Gasteiger partial charge in [0.1, 0.15) is 5.75 Å². The first-order chi connectivity index (χ1) is 17.5. The summed E-state index contributed by atoms with van der Waals surface area (Å²) >= 11 is 0. The molecule has 0 spiro atoms. The number of aromatic nitrogens is 2. The van der Waals surface area contributed by atoms with Gasteiger partial charge in [0, 0.05) is 48.9 Å². The van der Waals surface area contributed by atoms with Crippen molar-refractivity contribution in [1.82, 2.24) is 20.0 Å². The lowest BCUT2D eigenvalue weighted by Crippen LogP contribution is -2.56. The molecule has 2 bridgehead atoms. The van der Waals surface area contributed by atoms with Gasteiger partial charge in [0.05, 0.1) is 27.0 Å². The molecule has 1 amide bonds. The fourth-order valence-electron chi connectivity index (χ4n) is 5.71. The van der Waals surface area contributed by atoms with Crippen molar-refractivity contribution in [3.8, 4) is 28.5 Å². The predicted octanol–water partition coefficient (Wildman–Crippen LogP) is 3.72. The molecule has 3 fully saturated rings. The Labute approximate surface area is 212 Å². The minimum absolute atomic E-state index is 0.0388. The average molecular weight is 491 g/mol. The first-order valence-electron chi connectivity index (χ1n) is 12.4. The molecule has 0 radical (unpaired) electrons. The van der Waals surface area contributed by atoms with Crippen LogP contribution in [0.4, 0.5) is 0 Å². The Morgan fingerprint density at radius 3 is 2.47 bits per heavy atom. The fraction of sp³-hybridized carbons (Fsp3) is 0.429. The van der Waals surface area contributed by atoms with E-state index >= 15 is 0 Å². The van der Waals surface area contributed by atoms with Gasteiger partial charge in [-0.3, -0.25) is 14.4 Å². The quantitative estimate of drug-likeness (QED) is 0.519. The molecule has 8 heteroatoms. The van der Waals surface area contributed by atoms with Crippen molar-refractivity contribution >= 4 is 5.91 Å². The van der Waals surface area contributed by atoms with E-state index < -0.39 is 0 Å². The van der Waals surface area contributed by atoms with E-state index in [2.05, 4.69) is 16.3 Å². The van der Waals surface area contributed by atoms with Gasteiger partial charge < -0.3 is 19.5 Å². The second kappa shape index (κ2) is 10.2. The summed E-state index contributed by atoms with van der Waals surface area (Å²) < 4.78 is 18.1. The van der Waals surface area contributed by atoms with Gasteiger partial charge in [0.25, 0.3) is 5.91 Å². The maximum absolute atomic E-state index is 12.6. The molecular formula is C28H34N4O4. The Balaban J connectivity index is 1.25. The van der Waals surface area contributed by atoms with Crippen molar-refractivity contribution in [2.45, 2.75) is 24.8 Å². The number of piperidine rings is 3.